The van der Waals surface area contributed by atoms with Crippen LogP contribution in [0.1, 0.15) is 45.0 Å². The van der Waals surface area contributed by atoms with Crippen molar-refractivity contribution in [2.24, 2.45) is 0 Å². The standard InChI is InChI=1S/C34H26F2N4O5/c1-17-14-25(43-3)22(31(41)40-34(11-12-34)33-39-23-10-13-38-16-26(23)45-33)15-21(17)20-8-9-24-27(29(20)36)28(32(42)37-2)30(44-24)18-4-6-19(35)7-5-18/h4-10,13-16H,11-12H2,1-3H3,(H,37,42)(H,40,41). The van der Waals surface area contributed by atoms with Gasteiger partial charge in [0, 0.05) is 24.4 Å². The average Bonchev–Trinajstić information content (AvgIpc) is 3.50. The van der Waals surface area contributed by atoms with Crippen molar-refractivity contribution in [2.45, 2.75) is 25.3 Å². The van der Waals surface area contributed by atoms with E-state index < -0.39 is 29.0 Å². The molecule has 226 valence electrons. The SMILES string of the molecule is CNC(=O)c1c(-c2ccc(F)cc2)oc2ccc(-c3cc(C(=O)NC4(c5nc6ccncc6o5)CC4)c(OC)cc3C)c(F)c12. The smallest absolute Gasteiger partial charge is 0.255 e. The lowest BCUT2D eigenvalue weighted by Gasteiger charge is -2.18. The quantitative estimate of drug-likeness (QED) is 0.208. The van der Waals surface area contributed by atoms with Crippen LogP contribution in [-0.4, -0.2) is 35.9 Å². The lowest BCUT2D eigenvalue weighted by molar-refractivity contribution is 0.0919. The highest BCUT2D eigenvalue weighted by Gasteiger charge is 2.50. The number of nitrogens with zero attached hydrogens (tertiary/aromatic N) is 2. The summed E-state index contributed by atoms with van der Waals surface area (Å²) in [6.07, 6.45) is 4.45. The fourth-order valence-electron chi connectivity index (χ4n) is 5.61. The second kappa shape index (κ2) is 10.5. The van der Waals surface area contributed by atoms with Gasteiger partial charge in [0.15, 0.2) is 5.58 Å². The number of nitrogens with one attached hydrogen (secondary N) is 2. The first-order valence-corrected chi connectivity index (χ1v) is 14.2. The molecule has 1 aliphatic rings. The van der Waals surface area contributed by atoms with Gasteiger partial charge in [-0.05, 0) is 85.5 Å². The van der Waals surface area contributed by atoms with Gasteiger partial charge in [0.25, 0.3) is 11.8 Å². The number of oxazole rings is 1. The maximum absolute atomic E-state index is 16.5. The van der Waals surface area contributed by atoms with Crippen molar-refractivity contribution in [3.05, 3.63) is 101 Å². The van der Waals surface area contributed by atoms with E-state index in [9.17, 15) is 14.0 Å². The zero-order valence-corrected chi connectivity index (χ0v) is 24.5. The number of amides is 2. The number of halogens is 2. The van der Waals surface area contributed by atoms with Gasteiger partial charge >= 0.3 is 0 Å². The number of ether oxygens (including phenoxy) is 1. The highest BCUT2D eigenvalue weighted by atomic mass is 19.1. The first kappa shape index (κ1) is 28.2. The van der Waals surface area contributed by atoms with Crippen LogP contribution in [-0.2, 0) is 5.54 Å². The monoisotopic (exact) mass is 608 g/mol. The molecule has 3 aromatic heterocycles. The zero-order valence-electron chi connectivity index (χ0n) is 24.5. The fraction of sp³-hybridized carbons (Fsp3) is 0.176. The molecule has 3 aromatic carbocycles. The Bertz CT molecular complexity index is 2120. The number of aryl methyl sites for hydroxylation is 1. The summed E-state index contributed by atoms with van der Waals surface area (Å²) < 4.78 is 47.6. The highest BCUT2D eigenvalue weighted by Crippen LogP contribution is 2.47. The Morgan fingerprint density at radius 2 is 1.73 bits per heavy atom. The Morgan fingerprint density at radius 1 is 0.956 bits per heavy atom. The Hall–Kier alpha value is -5.58. The van der Waals surface area contributed by atoms with Gasteiger partial charge in [0.1, 0.15) is 39.8 Å². The topological polar surface area (TPSA) is 119 Å². The van der Waals surface area contributed by atoms with E-state index in [4.69, 9.17) is 13.6 Å². The van der Waals surface area contributed by atoms with Gasteiger partial charge in [-0.3, -0.25) is 14.6 Å². The van der Waals surface area contributed by atoms with Crippen molar-refractivity contribution in [3.8, 4) is 28.2 Å². The normalized spacial score (nSPS) is 13.6. The summed E-state index contributed by atoms with van der Waals surface area (Å²) in [5.41, 5.74) is 2.31. The van der Waals surface area contributed by atoms with Gasteiger partial charge in [-0.25, -0.2) is 13.8 Å². The third kappa shape index (κ3) is 4.67. The number of carbonyl (C=O) groups is 2. The van der Waals surface area contributed by atoms with Gasteiger partial charge in [-0.2, -0.15) is 0 Å². The number of fused-ring (bicyclic) bond motifs is 2. The molecule has 0 saturated heterocycles. The number of hydrogen-bond acceptors (Lipinski definition) is 7. The zero-order chi connectivity index (χ0) is 31.5. The molecule has 0 radical (unpaired) electrons. The lowest BCUT2D eigenvalue weighted by atomic mass is 9.94. The largest absolute Gasteiger partial charge is 0.496 e. The molecule has 3 heterocycles. The Kier molecular flexibility index (Phi) is 6.61. The number of pyridine rings is 1. The predicted molar refractivity (Wildman–Crippen MR) is 162 cm³/mol. The summed E-state index contributed by atoms with van der Waals surface area (Å²) in [6, 6.07) is 13.5. The number of carbonyl (C=O) groups excluding carboxylic acids is 2. The number of benzene rings is 3. The van der Waals surface area contributed by atoms with E-state index in [1.165, 1.54) is 44.5 Å². The Balaban J connectivity index is 1.31. The van der Waals surface area contributed by atoms with Crippen LogP contribution in [0.4, 0.5) is 8.78 Å². The van der Waals surface area contributed by atoms with Crippen molar-refractivity contribution in [2.75, 3.05) is 14.2 Å². The average molecular weight is 609 g/mol. The van der Waals surface area contributed by atoms with Gasteiger partial charge in [0.2, 0.25) is 5.89 Å². The molecule has 1 saturated carbocycles. The first-order valence-electron chi connectivity index (χ1n) is 14.2. The van der Waals surface area contributed by atoms with Crippen LogP contribution in [0.15, 0.2) is 75.8 Å². The fourth-order valence-corrected chi connectivity index (χ4v) is 5.61. The third-order valence-corrected chi connectivity index (χ3v) is 8.14. The summed E-state index contributed by atoms with van der Waals surface area (Å²) in [4.78, 5) is 35.4. The Morgan fingerprint density at radius 3 is 2.42 bits per heavy atom. The number of aromatic nitrogens is 2. The maximum atomic E-state index is 16.5. The molecule has 0 spiro atoms. The van der Waals surface area contributed by atoms with E-state index in [0.717, 1.165) is 0 Å². The van der Waals surface area contributed by atoms with Gasteiger partial charge in [-0.1, -0.05) is 0 Å². The number of hydrogen-bond donors (Lipinski definition) is 2. The van der Waals surface area contributed by atoms with Crippen LogP contribution in [0.2, 0.25) is 0 Å². The van der Waals surface area contributed by atoms with Crippen LogP contribution in [0.5, 0.6) is 5.75 Å². The molecule has 2 amide bonds. The number of rotatable bonds is 7. The molecule has 0 atom stereocenters. The van der Waals surface area contributed by atoms with Gasteiger partial charge < -0.3 is 24.2 Å². The van der Waals surface area contributed by atoms with E-state index in [1.54, 1.807) is 43.6 Å². The number of furan rings is 1. The summed E-state index contributed by atoms with van der Waals surface area (Å²) >= 11 is 0. The Labute approximate surface area is 255 Å². The molecule has 6 aromatic rings. The minimum absolute atomic E-state index is 0.0215. The molecule has 1 fully saturated rings. The summed E-state index contributed by atoms with van der Waals surface area (Å²) in [7, 11) is 2.89. The molecule has 0 aliphatic heterocycles. The molecule has 1 aliphatic carbocycles. The summed E-state index contributed by atoms with van der Waals surface area (Å²) in [6.45, 7) is 1.77. The highest BCUT2D eigenvalue weighted by molar-refractivity contribution is 6.12. The maximum Gasteiger partial charge on any atom is 0.255 e. The van der Waals surface area contributed by atoms with E-state index in [1.807, 2.05) is 0 Å². The number of methoxy groups -OCH3 is 1. The van der Waals surface area contributed by atoms with E-state index in [2.05, 4.69) is 20.6 Å². The summed E-state index contributed by atoms with van der Waals surface area (Å²) in [5.74, 6) is -1.38. The van der Waals surface area contributed by atoms with Crippen molar-refractivity contribution in [3.63, 3.8) is 0 Å². The molecule has 0 bridgehead atoms. The lowest BCUT2D eigenvalue weighted by Crippen LogP contribution is -2.35. The van der Waals surface area contributed by atoms with Crippen molar-refractivity contribution < 1.29 is 31.9 Å². The minimum atomic E-state index is -0.785. The van der Waals surface area contributed by atoms with Crippen LogP contribution < -0.4 is 15.4 Å². The van der Waals surface area contributed by atoms with Crippen LogP contribution >= 0.6 is 0 Å². The molecule has 45 heavy (non-hydrogen) atoms. The molecular weight excluding hydrogens is 582 g/mol. The predicted octanol–water partition coefficient (Wildman–Crippen LogP) is 6.68. The van der Waals surface area contributed by atoms with Crippen LogP contribution in [0, 0.1) is 18.6 Å². The second-order valence-corrected chi connectivity index (χ2v) is 11.0. The van der Waals surface area contributed by atoms with Crippen LogP contribution in [0.3, 0.4) is 0 Å². The van der Waals surface area contributed by atoms with Gasteiger partial charge in [-0.15, -0.1) is 0 Å². The summed E-state index contributed by atoms with van der Waals surface area (Å²) in [5, 5.41) is 5.56. The van der Waals surface area contributed by atoms with Gasteiger partial charge in [0.05, 0.1) is 29.8 Å². The minimum Gasteiger partial charge on any atom is -0.496 e. The molecule has 0 unspecified atom stereocenters. The molecule has 9 nitrogen and oxygen atoms in total. The van der Waals surface area contributed by atoms with E-state index >= 15 is 4.39 Å². The van der Waals surface area contributed by atoms with E-state index in [-0.39, 0.29) is 33.4 Å². The molecular formula is C34H26F2N4O5. The molecule has 11 heteroatoms. The van der Waals surface area contributed by atoms with Crippen molar-refractivity contribution in [1.29, 1.82) is 0 Å². The second-order valence-electron chi connectivity index (χ2n) is 11.0. The van der Waals surface area contributed by atoms with Crippen molar-refractivity contribution >= 4 is 33.9 Å². The molecule has 2 N–H and O–H groups in total. The van der Waals surface area contributed by atoms with E-state index in [0.29, 0.717) is 52.3 Å². The third-order valence-electron chi connectivity index (χ3n) is 8.14. The van der Waals surface area contributed by atoms with Crippen LogP contribution in [0.25, 0.3) is 44.5 Å². The van der Waals surface area contributed by atoms with Crippen molar-refractivity contribution in [1.82, 2.24) is 20.6 Å². The molecule has 7 rings (SSSR count). The first-order chi connectivity index (χ1) is 21.7.